The third-order valence-corrected chi connectivity index (χ3v) is 2.33. The Morgan fingerprint density at radius 1 is 1.50 bits per heavy atom. The summed E-state index contributed by atoms with van der Waals surface area (Å²) in [6, 6.07) is 0. The van der Waals surface area contributed by atoms with E-state index in [9.17, 15) is 0 Å². The molecule has 1 saturated heterocycles. The highest BCUT2D eigenvalue weighted by Crippen LogP contribution is 2.39. The fourth-order valence-corrected chi connectivity index (χ4v) is 1.66. The van der Waals surface area contributed by atoms with Crippen molar-refractivity contribution in [1.82, 2.24) is 0 Å². The molecule has 1 nitrogen and oxygen atoms in total. The lowest BCUT2D eigenvalue weighted by Gasteiger charge is -2.31. The molecule has 12 heavy (non-hydrogen) atoms. The maximum atomic E-state index is 8.22. The van der Waals surface area contributed by atoms with Crippen LogP contribution in [0, 0.1) is 11.3 Å². The van der Waals surface area contributed by atoms with E-state index in [1.165, 1.54) is 0 Å². The van der Waals surface area contributed by atoms with Crippen LogP contribution in [0.1, 0.15) is 50.2 Å². The van der Waals surface area contributed by atoms with Crippen LogP contribution in [0.4, 0.5) is 0 Å². The van der Waals surface area contributed by atoms with E-state index in [4.69, 9.17) is 7.48 Å². The lowest BCUT2D eigenvalue weighted by Crippen LogP contribution is -2.30. The summed E-state index contributed by atoms with van der Waals surface area (Å²) < 4.78 is 22.0. The Morgan fingerprint density at radius 2 is 2.08 bits per heavy atom. The topological polar surface area (TPSA) is 9.23 Å². The van der Waals surface area contributed by atoms with E-state index >= 15 is 0 Å². The van der Waals surface area contributed by atoms with Crippen LogP contribution in [-0.4, -0.2) is 12.2 Å². The fourth-order valence-electron chi connectivity index (χ4n) is 1.66. The summed E-state index contributed by atoms with van der Waals surface area (Å²) in [4.78, 5) is 0. The van der Waals surface area contributed by atoms with Gasteiger partial charge in [-0.05, 0) is 38.0 Å². The second-order valence-corrected chi connectivity index (χ2v) is 5.19. The molecule has 0 aromatic carbocycles. The standard InChI is InChI=1S/C11H22O/c1-10(2,3)8-9-6-7-12-11(9,4)5/h9H,6-8H2,1-5H3/i8D2. The van der Waals surface area contributed by atoms with Crippen molar-refractivity contribution in [3.05, 3.63) is 0 Å². The molecule has 1 heteroatoms. The van der Waals surface area contributed by atoms with E-state index in [1.54, 1.807) is 0 Å². The Morgan fingerprint density at radius 3 is 2.42 bits per heavy atom. The van der Waals surface area contributed by atoms with Crippen molar-refractivity contribution in [2.45, 2.75) is 53.0 Å². The largest absolute Gasteiger partial charge is 0.375 e. The second-order valence-electron chi connectivity index (χ2n) is 5.19. The van der Waals surface area contributed by atoms with Crippen LogP contribution in [0.3, 0.4) is 0 Å². The van der Waals surface area contributed by atoms with E-state index in [0.717, 1.165) is 6.42 Å². The molecule has 0 aromatic rings. The average Bonchev–Trinajstić information content (AvgIpc) is 2.27. The maximum absolute atomic E-state index is 8.22. The van der Waals surface area contributed by atoms with Crippen LogP contribution in [0.15, 0.2) is 0 Å². The SMILES string of the molecule is [2H]C([2H])(C1CCOC1(C)C)C(C)(C)C. The molecule has 0 aromatic heterocycles. The van der Waals surface area contributed by atoms with Gasteiger partial charge in [-0.25, -0.2) is 0 Å². The Kier molecular flexibility index (Phi) is 1.86. The van der Waals surface area contributed by atoms with Crippen LogP contribution in [0.25, 0.3) is 0 Å². The molecular weight excluding hydrogens is 148 g/mol. The summed E-state index contributed by atoms with van der Waals surface area (Å²) in [7, 11) is 0. The van der Waals surface area contributed by atoms with Crippen molar-refractivity contribution in [2.75, 3.05) is 6.61 Å². The molecule has 0 N–H and O–H groups in total. The van der Waals surface area contributed by atoms with Crippen LogP contribution in [0.2, 0.25) is 0 Å². The van der Waals surface area contributed by atoms with Gasteiger partial charge >= 0.3 is 0 Å². The highest BCUT2D eigenvalue weighted by atomic mass is 16.5. The van der Waals surface area contributed by atoms with Crippen molar-refractivity contribution in [3.8, 4) is 0 Å². The van der Waals surface area contributed by atoms with E-state index < -0.39 is 6.37 Å². The van der Waals surface area contributed by atoms with Crippen molar-refractivity contribution >= 4 is 0 Å². The van der Waals surface area contributed by atoms with Gasteiger partial charge in [0.15, 0.2) is 0 Å². The number of rotatable bonds is 1. The summed E-state index contributed by atoms with van der Waals surface area (Å²) in [5, 5.41) is 0. The van der Waals surface area contributed by atoms with Gasteiger partial charge in [-0.3, -0.25) is 0 Å². The Labute approximate surface area is 79.3 Å². The lowest BCUT2D eigenvalue weighted by molar-refractivity contribution is 0.00171. The molecular formula is C11H22O. The summed E-state index contributed by atoms with van der Waals surface area (Å²) in [5.74, 6) is -0.00463. The van der Waals surface area contributed by atoms with Gasteiger partial charge in [-0.2, -0.15) is 0 Å². The molecule has 1 unspecified atom stereocenters. The van der Waals surface area contributed by atoms with Gasteiger partial charge in [0.2, 0.25) is 0 Å². The zero-order valence-electron chi connectivity index (χ0n) is 10.9. The minimum absolute atomic E-state index is 0.00463. The third-order valence-electron chi connectivity index (χ3n) is 2.33. The summed E-state index contributed by atoms with van der Waals surface area (Å²) in [5.41, 5.74) is -0.653. The maximum Gasteiger partial charge on any atom is 0.0655 e. The number of ether oxygens (including phenoxy) is 1. The van der Waals surface area contributed by atoms with Crippen LogP contribution >= 0.6 is 0 Å². The molecule has 1 fully saturated rings. The second kappa shape index (κ2) is 3.02. The predicted molar refractivity (Wildman–Crippen MR) is 52.2 cm³/mol. The fraction of sp³-hybridized carbons (Fsp3) is 1.00. The van der Waals surface area contributed by atoms with Gasteiger partial charge in [-0.15, -0.1) is 0 Å². The molecule has 0 aliphatic carbocycles. The summed E-state index contributed by atoms with van der Waals surface area (Å²) in [6.45, 7) is 10.6. The van der Waals surface area contributed by atoms with Crippen molar-refractivity contribution in [3.63, 3.8) is 0 Å². The first-order valence-electron chi connectivity index (χ1n) is 5.73. The zero-order chi connectivity index (χ0) is 11.2. The van der Waals surface area contributed by atoms with Crippen molar-refractivity contribution in [2.24, 2.45) is 11.3 Å². The predicted octanol–water partition coefficient (Wildman–Crippen LogP) is 3.24. The monoisotopic (exact) mass is 172 g/mol. The van der Waals surface area contributed by atoms with Gasteiger partial charge in [0, 0.05) is 9.35 Å². The number of hydrogen-bond acceptors (Lipinski definition) is 1. The molecule has 0 radical (unpaired) electrons. The normalized spacial score (nSPS) is 32.9. The van der Waals surface area contributed by atoms with Gasteiger partial charge in [0.25, 0.3) is 0 Å². The molecule has 1 atom stereocenters. The van der Waals surface area contributed by atoms with Crippen molar-refractivity contribution in [1.29, 1.82) is 0 Å². The first-order chi connectivity index (χ1) is 6.09. The highest BCUT2D eigenvalue weighted by molar-refractivity contribution is 4.87. The molecule has 0 spiro atoms. The van der Waals surface area contributed by atoms with Gasteiger partial charge in [0.05, 0.1) is 5.60 Å². The summed E-state index contributed by atoms with van der Waals surface area (Å²) in [6.07, 6.45) is -0.343. The first kappa shape index (κ1) is 7.37. The molecule has 0 saturated carbocycles. The Balaban J connectivity index is 2.93. The third kappa shape index (κ3) is 2.48. The lowest BCUT2D eigenvalue weighted by atomic mass is 9.77. The van der Waals surface area contributed by atoms with Crippen molar-refractivity contribution < 1.29 is 7.48 Å². The van der Waals surface area contributed by atoms with Crippen LogP contribution < -0.4 is 0 Å². The quantitative estimate of drug-likeness (QED) is 0.590. The molecule has 0 amide bonds. The summed E-state index contributed by atoms with van der Waals surface area (Å²) >= 11 is 0. The number of hydrogen-bond donors (Lipinski definition) is 0. The Hall–Kier alpha value is -0.0400. The van der Waals surface area contributed by atoms with E-state index in [-0.39, 0.29) is 16.9 Å². The highest BCUT2D eigenvalue weighted by Gasteiger charge is 2.37. The van der Waals surface area contributed by atoms with Gasteiger partial charge < -0.3 is 4.74 Å². The van der Waals surface area contributed by atoms with E-state index in [2.05, 4.69) is 0 Å². The molecule has 1 rings (SSSR count). The molecule has 0 bridgehead atoms. The minimum Gasteiger partial charge on any atom is -0.375 e. The van der Waals surface area contributed by atoms with E-state index in [1.807, 2.05) is 34.6 Å². The molecule has 1 aliphatic heterocycles. The van der Waals surface area contributed by atoms with Gasteiger partial charge in [0.1, 0.15) is 0 Å². The molecule has 1 heterocycles. The average molecular weight is 172 g/mol. The minimum atomic E-state index is -1.17. The molecule has 1 aliphatic rings. The van der Waals surface area contributed by atoms with Crippen LogP contribution in [0.5, 0.6) is 0 Å². The Bertz CT molecular complexity index is 216. The van der Waals surface area contributed by atoms with E-state index in [0.29, 0.717) is 6.61 Å². The van der Waals surface area contributed by atoms with Gasteiger partial charge in [-0.1, -0.05) is 20.8 Å². The molecule has 72 valence electrons. The smallest absolute Gasteiger partial charge is 0.0655 e. The zero-order valence-corrected chi connectivity index (χ0v) is 8.90. The first-order valence-corrected chi connectivity index (χ1v) is 4.73. The van der Waals surface area contributed by atoms with Crippen LogP contribution in [-0.2, 0) is 4.74 Å².